The van der Waals surface area contributed by atoms with Crippen molar-refractivity contribution in [2.24, 2.45) is 0 Å². The van der Waals surface area contributed by atoms with Crippen molar-refractivity contribution in [1.29, 1.82) is 0 Å². The van der Waals surface area contributed by atoms with E-state index in [1.165, 1.54) is 28.6 Å². The third kappa shape index (κ3) is 3.82. The first kappa shape index (κ1) is 17.1. The van der Waals surface area contributed by atoms with E-state index in [2.05, 4.69) is 5.32 Å². The second-order valence-electron chi connectivity index (χ2n) is 5.56. The van der Waals surface area contributed by atoms with E-state index in [4.69, 9.17) is 0 Å². The normalized spacial score (nSPS) is 15.5. The van der Waals surface area contributed by atoms with Crippen LogP contribution in [0.2, 0.25) is 0 Å². The minimum atomic E-state index is -3.44. The van der Waals surface area contributed by atoms with Gasteiger partial charge in [-0.15, -0.1) is 11.3 Å². The Hall–Kier alpha value is -1.77. The Morgan fingerprint density at radius 3 is 2.46 bits per heavy atom. The lowest BCUT2D eigenvalue weighted by molar-refractivity contribution is -0.115. The number of hydrogen-bond donors (Lipinski definition) is 1. The van der Waals surface area contributed by atoms with Crippen LogP contribution in [0.15, 0.2) is 40.6 Å². The first-order valence-corrected chi connectivity index (χ1v) is 9.85. The molecule has 1 saturated heterocycles. The summed E-state index contributed by atoms with van der Waals surface area (Å²) in [6, 6.07) is 8.70. The van der Waals surface area contributed by atoms with E-state index in [0.29, 0.717) is 23.7 Å². The van der Waals surface area contributed by atoms with Crippen molar-refractivity contribution in [2.45, 2.75) is 23.5 Å². The van der Waals surface area contributed by atoms with Gasteiger partial charge in [0.25, 0.3) is 10.0 Å². The van der Waals surface area contributed by atoms with Gasteiger partial charge < -0.3 is 5.32 Å². The summed E-state index contributed by atoms with van der Waals surface area (Å²) < 4.78 is 39.5. The van der Waals surface area contributed by atoms with E-state index in [0.717, 1.165) is 24.2 Å². The zero-order valence-corrected chi connectivity index (χ0v) is 14.5. The van der Waals surface area contributed by atoms with E-state index in [-0.39, 0.29) is 22.4 Å². The summed E-state index contributed by atoms with van der Waals surface area (Å²) in [7, 11) is -3.44. The van der Waals surface area contributed by atoms with Crippen LogP contribution < -0.4 is 5.32 Å². The molecule has 0 aliphatic carbocycles. The fourth-order valence-electron chi connectivity index (χ4n) is 2.54. The number of halogens is 1. The highest BCUT2D eigenvalue weighted by molar-refractivity contribution is 7.91. The molecule has 0 saturated carbocycles. The van der Waals surface area contributed by atoms with Crippen molar-refractivity contribution >= 4 is 33.0 Å². The Kier molecular flexibility index (Phi) is 4.98. The molecule has 1 aromatic heterocycles. The number of amides is 1. The smallest absolute Gasteiger partial charge is 0.252 e. The SMILES string of the molecule is O=C(Cc1ccc(S(=O)(=O)N2CCCC2)s1)Nc1ccc(F)cc1. The van der Waals surface area contributed by atoms with Gasteiger partial charge in [-0.2, -0.15) is 4.31 Å². The molecule has 128 valence electrons. The number of nitrogens with zero attached hydrogens (tertiary/aromatic N) is 1. The predicted octanol–water partition coefficient (Wildman–Crippen LogP) is 2.85. The Bertz CT molecular complexity index is 825. The number of carbonyl (C=O) groups is 1. The van der Waals surface area contributed by atoms with Crippen LogP contribution in [0.5, 0.6) is 0 Å². The zero-order chi connectivity index (χ0) is 17.2. The maximum absolute atomic E-state index is 12.8. The van der Waals surface area contributed by atoms with E-state index in [9.17, 15) is 17.6 Å². The topological polar surface area (TPSA) is 66.5 Å². The van der Waals surface area contributed by atoms with Crippen LogP contribution in [0, 0.1) is 5.82 Å². The average Bonchev–Trinajstić information content (AvgIpc) is 3.21. The van der Waals surface area contributed by atoms with Crippen molar-refractivity contribution < 1.29 is 17.6 Å². The van der Waals surface area contributed by atoms with Crippen molar-refractivity contribution in [3.05, 3.63) is 47.1 Å². The molecule has 0 radical (unpaired) electrons. The first-order valence-electron chi connectivity index (χ1n) is 7.59. The number of sulfonamides is 1. The summed E-state index contributed by atoms with van der Waals surface area (Å²) >= 11 is 1.12. The van der Waals surface area contributed by atoms with E-state index >= 15 is 0 Å². The molecule has 1 aliphatic rings. The van der Waals surface area contributed by atoms with Gasteiger partial charge in [-0.05, 0) is 49.2 Å². The third-order valence-electron chi connectivity index (χ3n) is 3.76. The highest BCUT2D eigenvalue weighted by atomic mass is 32.2. The Morgan fingerprint density at radius 1 is 1.12 bits per heavy atom. The molecule has 1 amide bonds. The molecule has 0 bridgehead atoms. The summed E-state index contributed by atoms with van der Waals surface area (Å²) in [5, 5.41) is 2.66. The van der Waals surface area contributed by atoms with Gasteiger partial charge >= 0.3 is 0 Å². The van der Waals surface area contributed by atoms with E-state index in [1.807, 2.05) is 0 Å². The standard InChI is InChI=1S/C16H17FN2O3S2/c17-12-3-5-13(6-4-12)18-15(20)11-14-7-8-16(23-14)24(21,22)19-9-1-2-10-19/h3-8H,1-2,9-11H2,(H,18,20). The van der Waals surface area contributed by atoms with Crippen LogP contribution in [0.4, 0.5) is 10.1 Å². The summed E-state index contributed by atoms with van der Waals surface area (Å²) in [6.07, 6.45) is 1.85. The lowest BCUT2D eigenvalue weighted by Gasteiger charge is -2.13. The van der Waals surface area contributed by atoms with Gasteiger partial charge in [0.15, 0.2) is 0 Å². The molecule has 1 aliphatic heterocycles. The molecule has 8 heteroatoms. The number of rotatable bonds is 5. The Morgan fingerprint density at radius 2 is 1.79 bits per heavy atom. The Labute approximate surface area is 144 Å². The number of hydrogen-bond acceptors (Lipinski definition) is 4. The molecule has 1 aromatic carbocycles. The van der Waals surface area contributed by atoms with Crippen LogP contribution in [-0.4, -0.2) is 31.7 Å². The number of carbonyl (C=O) groups excluding carboxylic acids is 1. The third-order valence-corrected chi connectivity index (χ3v) is 7.21. The summed E-state index contributed by atoms with van der Waals surface area (Å²) in [4.78, 5) is 12.7. The second kappa shape index (κ2) is 7.00. The quantitative estimate of drug-likeness (QED) is 0.882. The van der Waals surface area contributed by atoms with Crippen LogP contribution >= 0.6 is 11.3 Å². The lowest BCUT2D eigenvalue weighted by atomic mass is 10.3. The molecule has 24 heavy (non-hydrogen) atoms. The number of anilines is 1. The molecular formula is C16H17FN2O3S2. The van der Waals surface area contributed by atoms with Crippen LogP contribution in [0.3, 0.4) is 0 Å². The monoisotopic (exact) mass is 368 g/mol. The maximum atomic E-state index is 12.8. The molecule has 1 fully saturated rings. The van der Waals surface area contributed by atoms with Crippen molar-refractivity contribution in [1.82, 2.24) is 4.31 Å². The molecule has 5 nitrogen and oxygen atoms in total. The molecular weight excluding hydrogens is 351 g/mol. The van der Waals surface area contributed by atoms with Gasteiger partial charge in [0.1, 0.15) is 10.0 Å². The minimum Gasteiger partial charge on any atom is -0.326 e. The first-order chi connectivity index (χ1) is 11.4. The van der Waals surface area contributed by atoms with Crippen LogP contribution in [0.25, 0.3) is 0 Å². The second-order valence-corrected chi connectivity index (χ2v) is 8.90. The van der Waals surface area contributed by atoms with Crippen LogP contribution in [0.1, 0.15) is 17.7 Å². The fraction of sp³-hybridized carbons (Fsp3) is 0.312. The van der Waals surface area contributed by atoms with Gasteiger partial charge in [0.2, 0.25) is 5.91 Å². The molecule has 2 heterocycles. The zero-order valence-electron chi connectivity index (χ0n) is 12.9. The minimum absolute atomic E-state index is 0.0809. The molecule has 2 aromatic rings. The largest absolute Gasteiger partial charge is 0.326 e. The molecule has 0 spiro atoms. The highest BCUT2D eigenvalue weighted by Gasteiger charge is 2.28. The van der Waals surface area contributed by atoms with E-state index < -0.39 is 10.0 Å². The van der Waals surface area contributed by atoms with Gasteiger partial charge in [-0.3, -0.25) is 4.79 Å². The van der Waals surface area contributed by atoms with Gasteiger partial charge in [0.05, 0.1) is 6.42 Å². The molecule has 1 N–H and O–H groups in total. The maximum Gasteiger partial charge on any atom is 0.252 e. The van der Waals surface area contributed by atoms with Crippen molar-refractivity contribution in [3.8, 4) is 0 Å². The Balaban J connectivity index is 1.65. The van der Waals surface area contributed by atoms with Crippen molar-refractivity contribution in [3.63, 3.8) is 0 Å². The molecule has 0 atom stereocenters. The van der Waals surface area contributed by atoms with E-state index in [1.54, 1.807) is 12.1 Å². The van der Waals surface area contributed by atoms with Gasteiger partial charge in [-0.1, -0.05) is 0 Å². The fourth-order valence-corrected chi connectivity index (χ4v) is 5.57. The average molecular weight is 368 g/mol. The lowest BCUT2D eigenvalue weighted by Crippen LogP contribution is -2.27. The molecule has 0 unspecified atom stereocenters. The number of benzene rings is 1. The number of nitrogens with one attached hydrogen (secondary N) is 1. The summed E-state index contributed by atoms with van der Waals surface area (Å²) in [5.74, 6) is -0.642. The van der Waals surface area contributed by atoms with Crippen molar-refractivity contribution in [2.75, 3.05) is 18.4 Å². The van der Waals surface area contributed by atoms with Crippen LogP contribution in [-0.2, 0) is 21.2 Å². The highest BCUT2D eigenvalue weighted by Crippen LogP contribution is 2.27. The van der Waals surface area contributed by atoms with Gasteiger partial charge in [-0.25, -0.2) is 12.8 Å². The summed E-state index contributed by atoms with van der Waals surface area (Å²) in [6.45, 7) is 1.11. The number of thiophene rings is 1. The predicted molar refractivity (Wildman–Crippen MR) is 91.0 cm³/mol. The summed E-state index contributed by atoms with van der Waals surface area (Å²) in [5.41, 5.74) is 0.503. The molecule has 3 rings (SSSR count). The van der Waals surface area contributed by atoms with Gasteiger partial charge in [0, 0.05) is 23.7 Å².